The highest BCUT2D eigenvalue weighted by molar-refractivity contribution is 5.94. The summed E-state index contributed by atoms with van der Waals surface area (Å²) < 4.78 is 0. The molecule has 0 saturated carbocycles. The summed E-state index contributed by atoms with van der Waals surface area (Å²) in [7, 11) is 0. The molecule has 2 aromatic rings. The van der Waals surface area contributed by atoms with Gasteiger partial charge in [-0.15, -0.1) is 0 Å². The third-order valence-corrected chi connectivity index (χ3v) is 6.77. The Labute approximate surface area is 221 Å². The topological polar surface area (TPSA) is 186 Å². The third-order valence-electron chi connectivity index (χ3n) is 6.77. The van der Waals surface area contributed by atoms with Crippen molar-refractivity contribution < 1.29 is 29.4 Å². The number of benzene rings is 1. The van der Waals surface area contributed by atoms with Crippen LogP contribution in [0.4, 0.5) is 0 Å². The van der Waals surface area contributed by atoms with E-state index in [1.807, 2.05) is 6.92 Å². The van der Waals surface area contributed by atoms with Gasteiger partial charge in [0.05, 0.1) is 12.4 Å². The van der Waals surface area contributed by atoms with Crippen molar-refractivity contribution in [3.05, 3.63) is 48.0 Å². The number of hydrogen-bond donors (Lipinski definition) is 7. The number of carbonyl (C=O) groups is 4. The number of rotatable bonds is 13. The maximum absolute atomic E-state index is 13.5. The Morgan fingerprint density at radius 3 is 2.32 bits per heavy atom. The molecule has 3 rings (SSSR count). The van der Waals surface area contributed by atoms with Gasteiger partial charge in [0.25, 0.3) is 0 Å². The van der Waals surface area contributed by atoms with Crippen LogP contribution >= 0.6 is 0 Å². The van der Waals surface area contributed by atoms with Gasteiger partial charge in [0, 0.05) is 24.7 Å². The van der Waals surface area contributed by atoms with Crippen molar-refractivity contribution in [2.75, 3.05) is 6.54 Å². The summed E-state index contributed by atoms with van der Waals surface area (Å²) in [5.41, 5.74) is 1.26. The second-order valence-corrected chi connectivity index (χ2v) is 9.63. The lowest BCUT2D eigenvalue weighted by molar-refractivity contribution is -0.143. The van der Waals surface area contributed by atoms with E-state index in [1.54, 1.807) is 25.3 Å². The fourth-order valence-corrected chi connectivity index (χ4v) is 4.29. The average Bonchev–Trinajstić information content (AvgIpc) is 3.61. The molecule has 0 aliphatic carbocycles. The lowest BCUT2D eigenvalue weighted by Gasteiger charge is -2.26. The van der Waals surface area contributed by atoms with Crippen LogP contribution in [0, 0.1) is 5.92 Å². The zero-order chi connectivity index (χ0) is 27.7. The van der Waals surface area contributed by atoms with E-state index >= 15 is 0 Å². The second-order valence-electron chi connectivity index (χ2n) is 9.63. The number of hydrogen-bond acceptors (Lipinski definition) is 7. The number of aliphatic carboxylic acids is 1. The second kappa shape index (κ2) is 13.6. The van der Waals surface area contributed by atoms with Crippen molar-refractivity contribution in [1.29, 1.82) is 0 Å². The molecule has 1 fully saturated rings. The van der Waals surface area contributed by atoms with E-state index in [-0.39, 0.29) is 30.4 Å². The molecule has 0 bridgehead atoms. The lowest BCUT2D eigenvalue weighted by Crippen LogP contribution is -2.58. The summed E-state index contributed by atoms with van der Waals surface area (Å²) in [5.74, 6) is -3.04. The number of nitrogens with one attached hydrogen (secondary N) is 5. The van der Waals surface area contributed by atoms with Crippen molar-refractivity contribution in [2.24, 2.45) is 5.92 Å². The number of aromatic nitrogens is 2. The van der Waals surface area contributed by atoms with E-state index < -0.39 is 42.0 Å². The number of amides is 3. The molecule has 38 heavy (non-hydrogen) atoms. The minimum Gasteiger partial charge on any atom is -0.508 e. The van der Waals surface area contributed by atoms with E-state index in [9.17, 15) is 29.4 Å². The number of imidazole rings is 1. The van der Waals surface area contributed by atoms with Gasteiger partial charge < -0.3 is 36.5 Å². The third kappa shape index (κ3) is 8.04. The van der Waals surface area contributed by atoms with Crippen LogP contribution in [-0.4, -0.2) is 74.6 Å². The van der Waals surface area contributed by atoms with Gasteiger partial charge >= 0.3 is 5.97 Å². The minimum absolute atomic E-state index is 0.0413. The largest absolute Gasteiger partial charge is 0.508 e. The van der Waals surface area contributed by atoms with Gasteiger partial charge in [-0.1, -0.05) is 32.4 Å². The Kier molecular flexibility index (Phi) is 10.2. The molecule has 7 N–H and O–H groups in total. The molecule has 1 aliphatic heterocycles. The molecule has 2 heterocycles. The Balaban J connectivity index is 1.81. The molecular formula is C26H36N6O6. The maximum atomic E-state index is 13.5. The van der Waals surface area contributed by atoms with E-state index in [4.69, 9.17) is 0 Å². The SMILES string of the molecule is CCC(C)C(NC(=O)C(Cc1ccc(O)cc1)NC(=O)C(Cc1cnc[nH]1)NC(=O)C1CCCN1)C(=O)O. The van der Waals surface area contributed by atoms with Gasteiger partial charge in [-0.2, -0.15) is 0 Å². The van der Waals surface area contributed by atoms with Gasteiger partial charge in [-0.25, -0.2) is 9.78 Å². The van der Waals surface area contributed by atoms with Crippen LogP contribution in [0.1, 0.15) is 44.4 Å². The van der Waals surface area contributed by atoms with Gasteiger partial charge in [-0.3, -0.25) is 14.4 Å². The molecule has 0 radical (unpaired) electrons. The van der Waals surface area contributed by atoms with Crippen LogP contribution in [0.3, 0.4) is 0 Å². The van der Waals surface area contributed by atoms with Crippen molar-refractivity contribution in [2.45, 2.75) is 70.1 Å². The molecule has 1 aromatic carbocycles. The fourth-order valence-electron chi connectivity index (χ4n) is 4.29. The van der Waals surface area contributed by atoms with Crippen LogP contribution in [0.25, 0.3) is 0 Å². The zero-order valence-electron chi connectivity index (χ0n) is 21.6. The summed E-state index contributed by atoms with van der Waals surface area (Å²) >= 11 is 0. The number of phenols is 1. The summed E-state index contributed by atoms with van der Waals surface area (Å²) in [6, 6.07) is 2.45. The minimum atomic E-state index is -1.17. The number of phenolic OH excluding ortho intramolecular Hbond substituents is 1. The quantitative estimate of drug-likeness (QED) is 0.193. The van der Waals surface area contributed by atoms with E-state index in [0.29, 0.717) is 30.6 Å². The molecule has 1 aliphatic rings. The number of carboxylic acid groups (broad SMARTS) is 1. The first kappa shape index (κ1) is 28.6. The summed E-state index contributed by atoms with van der Waals surface area (Å²) in [6.45, 7) is 4.26. The molecule has 5 atom stereocenters. The van der Waals surface area contributed by atoms with Gasteiger partial charge in [-0.05, 0) is 43.0 Å². The van der Waals surface area contributed by atoms with Crippen LogP contribution < -0.4 is 21.3 Å². The monoisotopic (exact) mass is 528 g/mol. The number of aromatic amines is 1. The molecular weight excluding hydrogens is 492 g/mol. The van der Waals surface area contributed by atoms with Crippen LogP contribution in [-0.2, 0) is 32.0 Å². The Bertz CT molecular complexity index is 1080. The van der Waals surface area contributed by atoms with Gasteiger partial charge in [0.15, 0.2) is 0 Å². The van der Waals surface area contributed by atoms with Crippen molar-refractivity contribution in [3.63, 3.8) is 0 Å². The smallest absolute Gasteiger partial charge is 0.326 e. The van der Waals surface area contributed by atoms with Crippen LogP contribution in [0.5, 0.6) is 5.75 Å². The number of H-pyrrole nitrogens is 1. The highest BCUT2D eigenvalue weighted by Crippen LogP contribution is 2.14. The Morgan fingerprint density at radius 2 is 1.74 bits per heavy atom. The van der Waals surface area contributed by atoms with Crippen molar-refractivity contribution in [3.8, 4) is 5.75 Å². The van der Waals surface area contributed by atoms with E-state index in [1.165, 1.54) is 18.5 Å². The maximum Gasteiger partial charge on any atom is 0.326 e. The average molecular weight is 529 g/mol. The zero-order valence-corrected chi connectivity index (χ0v) is 21.6. The molecule has 3 amide bonds. The Hall–Kier alpha value is -3.93. The number of aromatic hydroxyl groups is 1. The molecule has 12 nitrogen and oxygen atoms in total. The highest BCUT2D eigenvalue weighted by Gasteiger charge is 2.33. The molecule has 0 spiro atoms. The lowest BCUT2D eigenvalue weighted by atomic mass is 9.98. The molecule has 1 saturated heterocycles. The number of carboxylic acids is 1. The molecule has 5 unspecified atom stereocenters. The van der Waals surface area contributed by atoms with Gasteiger partial charge in [0.2, 0.25) is 17.7 Å². The predicted molar refractivity (Wildman–Crippen MR) is 138 cm³/mol. The highest BCUT2D eigenvalue weighted by atomic mass is 16.4. The first-order valence-electron chi connectivity index (χ1n) is 12.8. The molecule has 1 aromatic heterocycles. The van der Waals surface area contributed by atoms with Crippen molar-refractivity contribution >= 4 is 23.7 Å². The van der Waals surface area contributed by atoms with Crippen LogP contribution in [0.2, 0.25) is 0 Å². The standard InChI is InChI=1S/C26H36N6O6/c1-3-15(2)22(26(37)38)32-25(36)20(11-16-6-8-18(33)9-7-16)30-24(35)21(12-17-13-27-14-29-17)31-23(34)19-5-4-10-28-19/h6-9,13-15,19-22,28,33H,3-5,10-12H2,1-2H3,(H,27,29)(H,30,35)(H,31,34)(H,32,36)(H,37,38). The summed E-state index contributed by atoms with van der Waals surface area (Å²) in [6.07, 6.45) is 5.20. The fraction of sp³-hybridized carbons (Fsp3) is 0.500. The normalized spacial score (nSPS) is 18.1. The molecule has 206 valence electrons. The first-order chi connectivity index (χ1) is 18.2. The number of nitrogens with zero attached hydrogens (tertiary/aromatic N) is 1. The predicted octanol–water partition coefficient (Wildman–Crippen LogP) is 0.238. The van der Waals surface area contributed by atoms with E-state index in [0.717, 1.165) is 6.42 Å². The first-order valence-corrected chi connectivity index (χ1v) is 12.8. The number of carbonyl (C=O) groups excluding carboxylic acids is 3. The Morgan fingerprint density at radius 1 is 1.05 bits per heavy atom. The van der Waals surface area contributed by atoms with E-state index in [2.05, 4.69) is 31.2 Å². The van der Waals surface area contributed by atoms with Gasteiger partial charge in [0.1, 0.15) is 23.9 Å². The van der Waals surface area contributed by atoms with Crippen LogP contribution in [0.15, 0.2) is 36.8 Å². The summed E-state index contributed by atoms with van der Waals surface area (Å²) in [5, 5.41) is 30.4. The molecule has 12 heteroatoms. The summed E-state index contributed by atoms with van der Waals surface area (Å²) in [4.78, 5) is 58.3. The van der Waals surface area contributed by atoms with Crippen molar-refractivity contribution in [1.82, 2.24) is 31.2 Å².